The van der Waals surface area contributed by atoms with E-state index in [4.69, 9.17) is 0 Å². The van der Waals surface area contributed by atoms with Crippen LogP contribution in [0.5, 0.6) is 5.75 Å². The van der Waals surface area contributed by atoms with E-state index in [1.165, 1.54) is 29.5 Å². The number of thioether (sulfide) groups is 1. The minimum atomic E-state index is 0.000508. The van der Waals surface area contributed by atoms with Gasteiger partial charge in [-0.05, 0) is 48.4 Å². The van der Waals surface area contributed by atoms with E-state index in [1.807, 2.05) is 22.4 Å². The molecule has 0 radical (unpaired) electrons. The van der Waals surface area contributed by atoms with Crippen LogP contribution in [0, 0.1) is 0 Å². The van der Waals surface area contributed by atoms with Gasteiger partial charge in [-0.3, -0.25) is 9.69 Å². The first-order chi connectivity index (χ1) is 12.7. The summed E-state index contributed by atoms with van der Waals surface area (Å²) in [5, 5.41) is 12.9. The van der Waals surface area contributed by atoms with E-state index in [0.29, 0.717) is 15.2 Å². The normalized spacial score (nSPS) is 21.8. The van der Waals surface area contributed by atoms with Crippen LogP contribution < -0.4 is 0 Å². The Kier molecular flexibility index (Phi) is 5.08. The summed E-state index contributed by atoms with van der Waals surface area (Å²) in [5.41, 5.74) is 0.806. The molecule has 1 amide bonds. The molecule has 5 nitrogen and oxygen atoms in total. The van der Waals surface area contributed by atoms with Gasteiger partial charge >= 0.3 is 0 Å². The second kappa shape index (κ2) is 7.63. The van der Waals surface area contributed by atoms with Crippen molar-refractivity contribution in [3.8, 4) is 5.75 Å². The molecule has 7 heteroatoms. The molecule has 0 bridgehead atoms. The number of amides is 1. The number of nitrogens with zero attached hydrogens (tertiary/aromatic N) is 3. The third-order valence-electron chi connectivity index (χ3n) is 4.56. The molecule has 1 saturated carbocycles. The predicted molar refractivity (Wildman–Crippen MR) is 107 cm³/mol. The molecule has 1 saturated heterocycles. The average molecular weight is 386 g/mol. The number of aromatic nitrogens is 1. The van der Waals surface area contributed by atoms with Gasteiger partial charge in [-0.2, -0.15) is 4.99 Å². The number of phenolic OH excluding ortho intramolecular Hbond substituents is 1. The predicted octanol–water partition coefficient (Wildman–Crippen LogP) is 4.79. The number of aliphatic imine (C=N–C) groups is 1. The highest BCUT2D eigenvalue weighted by Crippen LogP contribution is 2.38. The van der Waals surface area contributed by atoms with Gasteiger partial charge in [-0.25, -0.2) is 4.98 Å². The first-order valence-corrected chi connectivity index (χ1v) is 10.4. The van der Waals surface area contributed by atoms with E-state index >= 15 is 0 Å². The van der Waals surface area contributed by atoms with Gasteiger partial charge in [0, 0.05) is 17.6 Å². The molecule has 26 heavy (non-hydrogen) atoms. The molecule has 2 aromatic rings. The second-order valence-corrected chi connectivity index (χ2v) is 8.26. The summed E-state index contributed by atoms with van der Waals surface area (Å²) in [6, 6.07) is 7.13. The summed E-state index contributed by atoms with van der Waals surface area (Å²) in [4.78, 5) is 24.5. The third-order valence-corrected chi connectivity index (χ3v) is 6.20. The maximum atomic E-state index is 13.1. The fourth-order valence-electron chi connectivity index (χ4n) is 3.34. The van der Waals surface area contributed by atoms with E-state index in [2.05, 4.69) is 9.98 Å². The molecule has 0 spiro atoms. The molecule has 2 fully saturated rings. The van der Waals surface area contributed by atoms with Gasteiger partial charge in [0.1, 0.15) is 5.75 Å². The molecule has 1 aliphatic heterocycles. The van der Waals surface area contributed by atoms with Crippen molar-refractivity contribution in [3.05, 3.63) is 46.3 Å². The quantitative estimate of drug-likeness (QED) is 0.772. The summed E-state index contributed by atoms with van der Waals surface area (Å²) in [5.74, 6) is 0.191. The molecule has 2 aliphatic rings. The standard InChI is InChI=1S/C19H19N3O2S2/c23-15-8-4-5-13(11-15)12-16-17(24)22(14-6-2-1-3-7-14)19(26-16)21-18-20-9-10-25-18/h4-5,8-12,14,23H,1-3,6-7H2/b16-12-,21-19+. The van der Waals surface area contributed by atoms with Crippen LogP contribution in [-0.2, 0) is 4.79 Å². The number of carbonyl (C=O) groups excluding carboxylic acids is 1. The van der Waals surface area contributed by atoms with Crippen molar-refractivity contribution in [1.82, 2.24) is 9.88 Å². The van der Waals surface area contributed by atoms with E-state index in [-0.39, 0.29) is 17.7 Å². The zero-order valence-electron chi connectivity index (χ0n) is 14.2. The van der Waals surface area contributed by atoms with Gasteiger partial charge in [0.25, 0.3) is 5.91 Å². The number of rotatable bonds is 3. The molecule has 134 valence electrons. The van der Waals surface area contributed by atoms with Crippen LogP contribution in [0.2, 0.25) is 0 Å². The lowest BCUT2D eigenvalue weighted by Gasteiger charge is -2.30. The monoisotopic (exact) mass is 385 g/mol. The lowest BCUT2D eigenvalue weighted by molar-refractivity contribution is -0.124. The highest BCUT2D eigenvalue weighted by Gasteiger charge is 2.38. The topological polar surface area (TPSA) is 65.8 Å². The van der Waals surface area contributed by atoms with Crippen molar-refractivity contribution < 1.29 is 9.90 Å². The number of hydrogen-bond donors (Lipinski definition) is 1. The molecule has 1 aromatic heterocycles. The molecule has 1 N–H and O–H groups in total. The zero-order chi connectivity index (χ0) is 17.9. The molecule has 0 atom stereocenters. The molecule has 4 rings (SSSR count). The Morgan fingerprint density at radius 2 is 2.12 bits per heavy atom. The Balaban J connectivity index is 1.69. The van der Waals surface area contributed by atoms with Crippen LogP contribution >= 0.6 is 23.1 Å². The number of benzene rings is 1. The number of thiazole rings is 1. The van der Waals surface area contributed by atoms with Crippen LogP contribution in [0.4, 0.5) is 5.13 Å². The molecule has 1 aliphatic carbocycles. The summed E-state index contributed by atoms with van der Waals surface area (Å²) in [6.07, 6.45) is 9.11. The number of aromatic hydroxyl groups is 1. The Labute approximate surface area is 160 Å². The van der Waals surface area contributed by atoms with Crippen LogP contribution in [0.1, 0.15) is 37.7 Å². The highest BCUT2D eigenvalue weighted by atomic mass is 32.2. The second-order valence-electron chi connectivity index (χ2n) is 6.38. The Bertz CT molecular complexity index is 855. The molecule has 1 aromatic carbocycles. The number of amidine groups is 1. The van der Waals surface area contributed by atoms with Gasteiger partial charge < -0.3 is 5.11 Å². The van der Waals surface area contributed by atoms with E-state index in [1.54, 1.807) is 24.4 Å². The first kappa shape index (κ1) is 17.3. The minimum Gasteiger partial charge on any atom is -0.508 e. The summed E-state index contributed by atoms with van der Waals surface area (Å²) in [7, 11) is 0. The van der Waals surface area contributed by atoms with Gasteiger partial charge in [-0.15, -0.1) is 11.3 Å². The number of hydrogen-bond acceptors (Lipinski definition) is 6. The van der Waals surface area contributed by atoms with Gasteiger partial charge in [0.15, 0.2) is 5.17 Å². The largest absolute Gasteiger partial charge is 0.508 e. The van der Waals surface area contributed by atoms with Crippen LogP contribution in [0.15, 0.2) is 45.7 Å². The maximum absolute atomic E-state index is 13.1. The van der Waals surface area contributed by atoms with Crippen LogP contribution in [-0.4, -0.2) is 32.1 Å². The summed E-state index contributed by atoms with van der Waals surface area (Å²) >= 11 is 2.86. The third kappa shape index (κ3) is 3.68. The Hall–Kier alpha value is -2.12. The fourth-order valence-corrected chi connectivity index (χ4v) is 4.95. The van der Waals surface area contributed by atoms with Gasteiger partial charge in [-0.1, -0.05) is 31.4 Å². The van der Waals surface area contributed by atoms with Gasteiger partial charge in [0.2, 0.25) is 5.13 Å². The van der Waals surface area contributed by atoms with Crippen LogP contribution in [0.25, 0.3) is 6.08 Å². The lowest BCUT2D eigenvalue weighted by Crippen LogP contribution is -2.40. The highest BCUT2D eigenvalue weighted by molar-refractivity contribution is 8.18. The van der Waals surface area contributed by atoms with Crippen molar-refractivity contribution in [3.63, 3.8) is 0 Å². The molecular weight excluding hydrogens is 366 g/mol. The zero-order valence-corrected chi connectivity index (χ0v) is 15.8. The minimum absolute atomic E-state index is 0.000508. The average Bonchev–Trinajstić information content (AvgIpc) is 3.25. The Morgan fingerprint density at radius 1 is 1.27 bits per heavy atom. The van der Waals surface area contributed by atoms with E-state index in [9.17, 15) is 9.90 Å². The van der Waals surface area contributed by atoms with Crippen molar-refractivity contribution in [2.24, 2.45) is 4.99 Å². The molecular formula is C19H19N3O2S2. The summed E-state index contributed by atoms with van der Waals surface area (Å²) < 4.78 is 0. The van der Waals surface area contributed by atoms with Crippen molar-refractivity contribution >= 4 is 45.4 Å². The number of phenols is 1. The SMILES string of the molecule is O=C1/C(=C/c2cccc(O)c2)S/C(=N/c2nccs2)N1C1CCCCC1. The van der Waals surface area contributed by atoms with Crippen LogP contribution in [0.3, 0.4) is 0 Å². The fraction of sp³-hybridized carbons (Fsp3) is 0.316. The maximum Gasteiger partial charge on any atom is 0.267 e. The van der Waals surface area contributed by atoms with Crippen molar-refractivity contribution in [2.75, 3.05) is 0 Å². The molecule has 0 unspecified atom stereocenters. The van der Waals surface area contributed by atoms with Crippen molar-refractivity contribution in [2.45, 2.75) is 38.1 Å². The van der Waals surface area contributed by atoms with Gasteiger partial charge in [0.05, 0.1) is 4.91 Å². The van der Waals surface area contributed by atoms with E-state index in [0.717, 1.165) is 31.2 Å². The van der Waals surface area contributed by atoms with Crippen molar-refractivity contribution in [1.29, 1.82) is 0 Å². The summed E-state index contributed by atoms with van der Waals surface area (Å²) in [6.45, 7) is 0. The number of carbonyl (C=O) groups is 1. The lowest BCUT2D eigenvalue weighted by atomic mass is 9.94. The smallest absolute Gasteiger partial charge is 0.267 e. The Morgan fingerprint density at radius 3 is 2.85 bits per heavy atom. The molecule has 2 heterocycles. The first-order valence-electron chi connectivity index (χ1n) is 8.71. The van der Waals surface area contributed by atoms with E-state index < -0.39 is 0 Å².